The number of likely N-dealkylation sites (tertiary alicyclic amines) is 1. The molecule has 6 heteroatoms. The molecule has 0 radical (unpaired) electrons. The Balaban J connectivity index is 1.55. The Morgan fingerprint density at radius 1 is 1.24 bits per heavy atom. The van der Waals surface area contributed by atoms with Gasteiger partial charge in [-0.2, -0.15) is 0 Å². The van der Waals surface area contributed by atoms with Gasteiger partial charge >= 0.3 is 0 Å². The van der Waals surface area contributed by atoms with E-state index in [-0.39, 0.29) is 11.9 Å². The Kier molecular flexibility index (Phi) is 5.60. The highest BCUT2D eigenvalue weighted by Crippen LogP contribution is 2.32. The highest BCUT2D eigenvalue weighted by atomic mass is 16.5. The number of ether oxygens (including phenoxy) is 1. The summed E-state index contributed by atoms with van der Waals surface area (Å²) in [5, 5.41) is 0. The molecule has 3 aromatic rings. The fraction of sp³-hybridized carbons (Fsp3) is 0.348. The summed E-state index contributed by atoms with van der Waals surface area (Å²) < 4.78 is 11.4. The largest absolute Gasteiger partial charge is 0.497 e. The number of aryl methyl sites for hydroxylation is 1. The van der Waals surface area contributed by atoms with E-state index in [1.54, 1.807) is 19.5 Å². The van der Waals surface area contributed by atoms with E-state index in [0.29, 0.717) is 24.6 Å². The first-order valence-corrected chi connectivity index (χ1v) is 9.96. The zero-order chi connectivity index (χ0) is 20.2. The van der Waals surface area contributed by atoms with Crippen molar-refractivity contribution in [3.63, 3.8) is 0 Å². The van der Waals surface area contributed by atoms with Crippen molar-refractivity contribution in [3.8, 4) is 5.75 Å². The number of piperidine rings is 1. The van der Waals surface area contributed by atoms with Gasteiger partial charge in [-0.15, -0.1) is 0 Å². The van der Waals surface area contributed by atoms with Crippen LogP contribution in [0, 0.1) is 6.92 Å². The van der Waals surface area contributed by atoms with Gasteiger partial charge in [-0.25, -0.2) is 4.98 Å². The van der Waals surface area contributed by atoms with E-state index in [2.05, 4.69) is 9.97 Å². The molecule has 0 unspecified atom stereocenters. The van der Waals surface area contributed by atoms with Crippen LogP contribution >= 0.6 is 0 Å². The minimum absolute atomic E-state index is 0.0552. The first kappa shape index (κ1) is 19.2. The summed E-state index contributed by atoms with van der Waals surface area (Å²) in [6.07, 6.45) is 6.92. The number of hydrogen-bond donors (Lipinski definition) is 0. The van der Waals surface area contributed by atoms with E-state index in [1.165, 1.54) is 0 Å². The third-order valence-corrected chi connectivity index (χ3v) is 5.34. The molecule has 150 valence electrons. The van der Waals surface area contributed by atoms with Gasteiger partial charge in [0.1, 0.15) is 23.2 Å². The molecule has 0 N–H and O–H groups in total. The van der Waals surface area contributed by atoms with Gasteiger partial charge in [-0.3, -0.25) is 9.78 Å². The van der Waals surface area contributed by atoms with Crippen molar-refractivity contribution in [2.45, 2.75) is 38.6 Å². The van der Waals surface area contributed by atoms with Gasteiger partial charge in [0.2, 0.25) is 5.89 Å². The minimum Gasteiger partial charge on any atom is -0.497 e. The van der Waals surface area contributed by atoms with Gasteiger partial charge < -0.3 is 14.1 Å². The number of hydrogen-bond acceptors (Lipinski definition) is 5. The van der Waals surface area contributed by atoms with Gasteiger partial charge in [0.25, 0.3) is 5.91 Å². The number of carbonyl (C=O) groups excluding carboxylic acids is 1. The molecular weight excluding hydrogens is 366 g/mol. The number of benzene rings is 1. The fourth-order valence-corrected chi connectivity index (χ4v) is 3.82. The van der Waals surface area contributed by atoms with Crippen molar-refractivity contribution < 1.29 is 13.9 Å². The molecule has 3 heterocycles. The molecule has 2 aromatic heterocycles. The molecule has 0 saturated carbocycles. The van der Waals surface area contributed by atoms with Crippen LogP contribution in [0.4, 0.5) is 0 Å². The third kappa shape index (κ3) is 4.16. The quantitative estimate of drug-likeness (QED) is 0.647. The number of nitrogens with zero attached hydrogens (tertiary/aromatic N) is 3. The topological polar surface area (TPSA) is 68.5 Å². The lowest BCUT2D eigenvalue weighted by molar-refractivity contribution is 0.0563. The van der Waals surface area contributed by atoms with Crippen LogP contribution in [0.25, 0.3) is 0 Å². The predicted octanol–water partition coefficient (Wildman–Crippen LogP) is 4.34. The number of rotatable bonds is 5. The minimum atomic E-state index is -0.156. The molecule has 1 aliphatic rings. The van der Waals surface area contributed by atoms with Gasteiger partial charge in [-0.05, 0) is 55.5 Å². The second-order valence-corrected chi connectivity index (χ2v) is 7.37. The molecule has 1 aromatic carbocycles. The average Bonchev–Trinajstić information content (AvgIpc) is 3.22. The Hall–Kier alpha value is -3.15. The van der Waals surface area contributed by atoms with Crippen LogP contribution < -0.4 is 4.74 Å². The Bertz CT molecular complexity index is 998. The van der Waals surface area contributed by atoms with Gasteiger partial charge in [0, 0.05) is 19.2 Å². The lowest BCUT2D eigenvalue weighted by atomic mass is 10.0. The molecule has 1 saturated heterocycles. The van der Waals surface area contributed by atoms with Crippen molar-refractivity contribution in [1.82, 2.24) is 14.9 Å². The Morgan fingerprint density at radius 3 is 2.97 bits per heavy atom. The maximum atomic E-state index is 13.2. The monoisotopic (exact) mass is 391 g/mol. The lowest BCUT2D eigenvalue weighted by Crippen LogP contribution is -2.39. The first-order chi connectivity index (χ1) is 14.2. The molecule has 6 nitrogen and oxygen atoms in total. The zero-order valence-electron chi connectivity index (χ0n) is 16.8. The molecule has 0 spiro atoms. The summed E-state index contributed by atoms with van der Waals surface area (Å²) in [7, 11) is 1.66. The van der Waals surface area contributed by atoms with Crippen LogP contribution in [0.1, 0.15) is 58.6 Å². The number of pyridine rings is 1. The molecular formula is C23H25N3O3. The van der Waals surface area contributed by atoms with E-state index < -0.39 is 0 Å². The maximum Gasteiger partial charge on any atom is 0.273 e. The molecule has 4 rings (SSSR count). The first-order valence-electron chi connectivity index (χ1n) is 9.96. The maximum absolute atomic E-state index is 13.2. The van der Waals surface area contributed by atoms with Crippen LogP contribution in [-0.4, -0.2) is 34.4 Å². The number of oxazole rings is 1. The summed E-state index contributed by atoms with van der Waals surface area (Å²) >= 11 is 0. The van der Waals surface area contributed by atoms with Crippen molar-refractivity contribution in [3.05, 3.63) is 77.3 Å². The zero-order valence-corrected chi connectivity index (χ0v) is 16.8. The highest BCUT2D eigenvalue weighted by Gasteiger charge is 2.33. The third-order valence-electron chi connectivity index (χ3n) is 5.34. The normalized spacial score (nSPS) is 16.6. The Morgan fingerprint density at radius 2 is 2.14 bits per heavy atom. The molecule has 1 fully saturated rings. The molecule has 0 aliphatic carbocycles. The molecule has 0 bridgehead atoms. The lowest BCUT2D eigenvalue weighted by Gasteiger charge is -2.33. The van der Waals surface area contributed by atoms with Gasteiger partial charge in [0.05, 0.1) is 13.3 Å². The molecule has 1 aliphatic heterocycles. The van der Waals surface area contributed by atoms with E-state index in [4.69, 9.17) is 9.15 Å². The van der Waals surface area contributed by atoms with Crippen molar-refractivity contribution in [2.24, 2.45) is 0 Å². The Labute approximate surface area is 170 Å². The SMILES string of the molecule is COc1cccc(Cc2cnc([C@@H]3CCCCN3C(=O)c3ncccc3C)o2)c1. The summed E-state index contributed by atoms with van der Waals surface area (Å²) in [6, 6.07) is 11.5. The summed E-state index contributed by atoms with van der Waals surface area (Å²) in [4.78, 5) is 23.8. The number of carbonyl (C=O) groups is 1. The molecule has 1 atom stereocenters. The van der Waals surface area contributed by atoms with Crippen molar-refractivity contribution in [2.75, 3.05) is 13.7 Å². The van der Waals surface area contributed by atoms with Crippen LogP contribution in [-0.2, 0) is 6.42 Å². The highest BCUT2D eigenvalue weighted by molar-refractivity contribution is 5.93. The van der Waals surface area contributed by atoms with Gasteiger partial charge in [-0.1, -0.05) is 18.2 Å². The van der Waals surface area contributed by atoms with Crippen LogP contribution in [0.15, 0.2) is 53.2 Å². The van der Waals surface area contributed by atoms with E-state index in [0.717, 1.165) is 41.9 Å². The fourth-order valence-electron chi connectivity index (χ4n) is 3.82. The van der Waals surface area contributed by atoms with Crippen molar-refractivity contribution in [1.29, 1.82) is 0 Å². The second kappa shape index (κ2) is 8.47. The summed E-state index contributed by atoms with van der Waals surface area (Å²) in [5.74, 6) is 2.14. The van der Waals surface area contributed by atoms with Crippen LogP contribution in [0.3, 0.4) is 0 Å². The van der Waals surface area contributed by atoms with E-state index in [1.807, 2.05) is 48.2 Å². The molecule has 1 amide bonds. The summed E-state index contributed by atoms with van der Waals surface area (Å²) in [5.41, 5.74) is 2.48. The van der Waals surface area contributed by atoms with Crippen LogP contribution in [0.5, 0.6) is 5.75 Å². The predicted molar refractivity (Wildman–Crippen MR) is 109 cm³/mol. The smallest absolute Gasteiger partial charge is 0.273 e. The van der Waals surface area contributed by atoms with E-state index >= 15 is 0 Å². The van der Waals surface area contributed by atoms with Crippen LogP contribution in [0.2, 0.25) is 0 Å². The van der Waals surface area contributed by atoms with Crippen molar-refractivity contribution >= 4 is 5.91 Å². The summed E-state index contributed by atoms with van der Waals surface area (Å²) in [6.45, 7) is 2.60. The number of aromatic nitrogens is 2. The number of methoxy groups -OCH3 is 1. The second-order valence-electron chi connectivity index (χ2n) is 7.37. The van der Waals surface area contributed by atoms with E-state index in [9.17, 15) is 4.79 Å². The van der Waals surface area contributed by atoms with Gasteiger partial charge in [0.15, 0.2) is 0 Å². The molecule has 29 heavy (non-hydrogen) atoms. The average molecular weight is 391 g/mol. The number of amides is 1. The standard InChI is InChI=1S/C23H25N3O3/c1-16-7-6-11-24-21(16)23(27)26-12-4-3-10-20(26)22-25-15-19(29-22)14-17-8-5-9-18(13-17)28-2/h5-9,11,13,15,20H,3-4,10,12,14H2,1-2H3/t20-/m0/s1.